The highest BCUT2D eigenvalue weighted by Gasteiger charge is 2.15. The first-order valence-corrected chi connectivity index (χ1v) is 8.86. The predicted molar refractivity (Wildman–Crippen MR) is 101 cm³/mol. The maximum absolute atomic E-state index is 6.08. The molecule has 0 saturated heterocycles. The third-order valence-electron chi connectivity index (χ3n) is 3.82. The number of hydrogen-bond donors (Lipinski definition) is 0. The summed E-state index contributed by atoms with van der Waals surface area (Å²) >= 11 is 1.53. The van der Waals surface area contributed by atoms with E-state index in [1.54, 1.807) is 13.3 Å². The van der Waals surface area contributed by atoms with Gasteiger partial charge in [0.1, 0.15) is 30.2 Å². The molecule has 0 unspecified atom stereocenters. The Labute approximate surface area is 151 Å². The number of benzene rings is 2. The third-order valence-corrected chi connectivity index (χ3v) is 4.60. The van der Waals surface area contributed by atoms with Crippen LogP contribution in [-0.2, 0) is 11.4 Å². The smallest absolute Gasteiger partial charge is 0.146 e. The number of aryl methyl sites for hydroxylation is 2. The zero-order valence-electron chi connectivity index (χ0n) is 14.5. The number of rotatable bonds is 6. The first-order chi connectivity index (χ1) is 12.2. The standard InChI is InChI=1S/C20H20N2O2S/c1-14-8-9-15(2)18(12-14)24-13-16-6-4-5-7-17(16)19(22-23-3)20-21-10-11-25-20/h4-12H,13H2,1-3H3. The molecular weight excluding hydrogens is 332 g/mol. The van der Waals surface area contributed by atoms with Crippen molar-refractivity contribution in [3.05, 3.63) is 81.3 Å². The van der Waals surface area contributed by atoms with Crippen molar-refractivity contribution < 1.29 is 9.57 Å². The summed E-state index contributed by atoms with van der Waals surface area (Å²) in [5.41, 5.74) is 5.02. The van der Waals surface area contributed by atoms with E-state index in [1.807, 2.05) is 36.6 Å². The Balaban J connectivity index is 1.90. The molecular formula is C20H20N2O2S. The van der Waals surface area contributed by atoms with E-state index in [4.69, 9.17) is 9.57 Å². The van der Waals surface area contributed by atoms with Crippen molar-refractivity contribution in [2.24, 2.45) is 5.16 Å². The van der Waals surface area contributed by atoms with E-state index in [9.17, 15) is 0 Å². The Morgan fingerprint density at radius 2 is 2.00 bits per heavy atom. The van der Waals surface area contributed by atoms with Gasteiger partial charge in [-0.2, -0.15) is 0 Å². The van der Waals surface area contributed by atoms with Crippen LogP contribution in [0.4, 0.5) is 0 Å². The molecule has 0 atom stereocenters. The summed E-state index contributed by atoms with van der Waals surface area (Å²) in [6, 6.07) is 14.3. The lowest BCUT2D eigenvalue weighted by Gasteiger charge is -2.13. The summed E-state index contributed by atoms with van der Waals surface area (Å²) < 4.78 is 6.08. The summed E-state index contributed by atoms with van der Waals surface area (Å²) in [5, 5.41) is 6.94. The molecule has 0 radical (unpaired) electrons. The van der Waals surface area contributed by atoms with E-state index in [2.05, 4.69) is 35.3 Å². The summed E-state index contributed by atoms with van der Waals surface area (Å²) in [7, 11) is 1.54. The number of nitrogens with zero attached hydrogens (tertiary/aromatic N) is 2. The molecule has 0 amide bonds. The lowest BCUT2D eigenvalue weighted by atomic mass is 10.0. The molecule has 25 heavy (non-hydrogen) atoms. The second-order valence-electron chi connectivity index (χ2n) is 5.67. The first-order valence-electron chi connectivity index (χ1n) is 7.98. The minimum atomic E-state index is 0.453. The fourth-order valence-corrected chi connectivity index (χ4v) is 3.16. The molecule has 0 aliphatic carbocycles. The SMILES string of the molecule is CON=C(c1nccs1)c1ccccc1COc1cc(C)ccc1C. The Morgan fingerprint density at radius 3 is 2.76 bits per heavy atom. The first kappa shape index (κ1) is 17.2. The molecule has 0 fully saturated rings. The normalized spacial score (nSPS) is 11.4. The van der Waals surface area contributed by atoms with E-state index in [-0.39, 0.29) is 0 Å². The zero-order valence-corrected chi connectivity index (χ0v) is 15.3. The van der Waals surface area contributed by atoms with Crippen molar-refractivity contribution in [2.45, 2.75) is 20.5 Å². The molecule has 0 bridgehead atoms. The average molecular weight is 352 g/mol. The quantitative estimate of drug-likeness (QED) is 0.475. The molecule has 0 saturated carbocycles. The Morgan fingerprint density at radius 1 is 1.16 bits per heavy atom. The molecule has 128 valence electrons. The van der Waals surface area contributed by atoms with Crippen molar-refractivity contribution in [3.63, 3.8) is 0 Å². The van der Waals surface area contributed by atoms with Crippen molar-refractivity contribution in [2.75, 3.05) is 7.11 Å². The molecule has 3 rings (SSSR count). The van der Waals surface area contributed by atoms with Gasteiger partial charge in [-0.05, 0) is 36.6 Å². The van der Waals surface area contributed by atoms with E-state index in [0.717, 1.165) is 33.2 Å². The molecule has 3 aromatic rings. The largest absolute Gasteiger partial charge is 0.489 e. The van der Waals surface area contributed by atoms with Gasteiger partial charge in [0.2, 0.25) is 0 Å². The maximum Gasteiger partial charge on any atom is 0.146 e. The topological polar surface area (TPSA) is 43.7 Å². The van der Waals surface area contributed by atoms with Gasteiger partial charge in [0, 0.05) is 17.1 Å². The molecule has 0 aliphatic rings. The third kappa shape index (κ3) is 4.06. The second-order valence-corrected chi connectivity index (χ2v) is 6.57. The van der Waals surface area contributed by atoms with Crippen LogP contribution in [0.5, 0.6) is 5.75 Å². The van der Waals surface area contributed by atoms with Gasteiger partial charge in [-0.25, -0.2) is 4.98 Å². The Kier molecular flexibility index (Phi) is 5.46. The van der Waals surface area contributed by atoms with E-state index in [0.29, 0.717) is 6.61 Å². The van der Waals surface area contributed by atoms with Gasteiger partial charge < -0.3 is 9.57 Å². The highest BCUT2D eigenvalue weighted by Crippen LogP contribution is 2.23. The van der Waals surface area contributed by atoms with Crippen LogP contribution in [0.1, 0.15) is 27.3 Å². The molecule has 0 aliphatic heterocycles. The minimum Gasteiger partial charge on any atom is -0.489 e. The van der Waals surface area contributed by atoms with E-state index in [1.165, 1.54) is 16.9 Å². The summed E-state index contributed by atoms with van der Waals surface area (Å²) in [4.78, 5) is 9.41. The molecule has 2 aromatic carbocycles. The van der Waals surface area contributed by atoms with Gasteiger partial charge in [0.05, 0.1) is 0 Å². The molecule has 4 nitrogen and oxygen atoms in total. The molecule has 0 N–H and O–H groups in total. The van der Waals surface area contributed by atoms with Crippen LogP contribution in [0.15, 0.2) is 59.2 Å². The zero-order chi connectivity index (χ0) is 17.6. The van der Waals surface area contributed by atoms with Crippen LogP contribution < -0.4 is 4.74 Å². The monoisotopic (exact) mass is 352 g/mol. The van der Waals surface area contributed by atoms with Gasteiger partial charge in [-0.15, -0.1) is 11.3 Å². The molecule has 1 aromatic heterocycles. The van der Waals surface area contributed by atoms with Crippen LogP contribution in [-0.4, -0.2) is 17.8 Å². The maximum atomic E-state index is 6.08. The highest BCUT2D eigenvalue weighted by molar-refractivity contribution is 7.11. The molecule has 5 heteroatoms. The van der Waals surface area contributed by atoms with E-state index < -0.39 is 0 Å². The fourth-order valence-electron chi connectivity index (χ4n) is 2.53. The van der Waals surface area contributed by atoms with Crippen LogP contribution in [0.2, 0.25) is 0 Å². The highest BCUT2D eigenvalue weighted by atomic mass is 32.1. The second kappa shape index (κ2) is 7.94. The number of aromatic nitrogens is 1. The molecule has 0 spiro atoms. The van der Waals surface area contributed by atoms with E-state index >= 15 is 0 Å². The number of thiazole rings is 1. The van der Waals surface area contributed by atoms with Crippen molar-refractivity contribution in [1.82, 2.24) is 4.98 Å². The summed E-state index contributed by atoms with van der Waals surface area (Å²) in [6.07, 6.45) is 1.76. The van der Waals surface area contributed by atoms with Gasteiger partial charge in [0.25, 0.3) is 0 Å². The molecule has 1 heterocycles. The Bertz CT molecular complexity index is 873. The Hall–Kier alpha value is -2.66. The van der Waals surface area contributed by atoms with Gasteiger partial charge in [0.15, 0.2) is 0 Å². The predicted octanol–water partition coefficient (Wildman–Crippen LogP) is 4.74. The van der Waals surface area contributed by atoms with Crippen molar-refractivity contribution in [1.29, 1.82) is 0 Å². The van der Waals surface area contributed by atoms with Crippen LogP contribution in [0.3, 0.4) is 0 Å². The van der Waals surface area contributed by atoms with Gasteiger partial charge >= 0.3 is 0 Å². The summed E-state index contributed by atoms with van der Waals surface area (Å²) in [5.74, 6) is 0.897. The van der Waals surface area contributed by atoms with Crippen LogP contribution >= 0.6 is 11.3 Å². The number of hydrogen-bond acceptors (Lipinski definition) is 5. The number of oxime groups is 1. The average Bonchev–Trinajstić information content (AvgIpc) is 3.15. The minimum absolute atomic E-state index is 0.453. The lowest BCUT2D eigenvalue weighted by Crippen LogP contribution is -2.09. The number of ether oxygens (including phenoxy) is 1. The van der Waals surface area contributed by atoms with Crippen LogP contribution in [0, 0.1) is 13.8 Å². The lowest BCUT2D eigenvalue weighted by molar-refractivity contribution is 0.214. The summed E-state index contributed by atoms with van der Waals surface area (Å²) in [6.45, 7) is 4.56. The van der Waals surface area contributed by atoms with Gasteiger partial charge in [-0.1, -0.05) is 41.6 Å². The van der Waals surface area contributed by atoms with Crippen molar-refractivity contribution in [3.8, 4) is 5.75 Å². The fraction of sp³-hybridized carbons (Fsp3) is 0.200. The van der Waals surface area contributed by atoms with Crippen LogP contribution in [0.25, 0.3) is 0 Å². The van der Waals surface area contributed by atoms with Crippen molar-refractivity contribution >= 4 is 17.0 Å². The van der Waals surface area contributed by atoms with Gasteiger partial charge in [-0.3, -0.25) is 0 Å².